The van der Waals surface area contributed by atoms with Crippen molar-refractivity contribution in [2.45, 2.75) is 30.1 Å². The maximum Gasteiger partial charge on any atom is 0.153 e. The highest BCUT2D eigenvalue weighted by molar-refractivity contribution is 7.91. The summed E-state index contributed by atoms with van der Waals surface area (Å²) in [5.74, 6) is 0. The van der Waals surface area contributed by atoms with E-state index in [-0.39, 0.29) is 0 Å². The molecule has 88 valence electrons. The summed E-state index contributed by atoms with van der Waals surface area (Å²) in [4.78, 5) is 7.65. The first-order valence-corrected chi connectivity index (χ1v) is 7.07. The van der Waals surface area contributed by atoms with Crippen LogP contribution in [-0.4, -0.2) is 35.0 Å². The van der Waals surface area contributed by atoms with E-state index in [0.29, 0.717) is 24.8 Å². The molecule has 6 heteroatoms. The Kier molecular flexibility index (Phi) is 2.71. The molecule has 16 heavy (non-hydrogen) atoms. The van der Waals surface area contributed by atoms with E-state index in [9.17, 15) is 13.5 Å². The largest absolute Gasteiger partial charge is 0.384 e. The predicted molar refractivity (Wildman–Crippen MR) is 58.4 cm³/mol. The zero-order valence-corrected chi connectivity index (χ0v) is 9.81. The standard InChI is InChI=1S/C10H14N2O3S/c1-16(14,15)9-3-2-4-10(9,13)8-5-11-7-12-6-8/h5-7,9,13H,2-4H2,1H3. The molecule has 1 N–H and O–H groups in total. The van der Waals surface area contributed by atoms with E-state index in [1.165, 1.54) is 18.7 Å². The third-order valence-electron chi connectivity index (χ3n) is 3.13. The first kappa shape index (κ1) is 11.5. The Morgan fingerprint density at radius 1 is 1.44 bits per heavy atom. The second-order valence-corrected chi connectivity index (χ2v) is 6.49. The number of nitrogens with zero attached hydrogens (tertiary/aromatic N) is 2. The number of aromatic nitrogens is 2. The minimum atomic E-state index is -3.26. The van der Waals surface area contributed by atoms with Gasteiger partial charge >= 0.3 is 0 Å². The van der Waals surface area contributed by atoms with Crippen LogP contribution >= 0.6 is 0 Å². The molecule has 1 aromatic heterocycles. The summed E-state index contributed by atoms with van der Waals surface area (Å²) >= 11 is 0. The third-order valence-corrected chi connectivity index (χ3v) is 4.79. The summed E-state index contributed by atoms with van der Waals surface area (Å²) in [6, 6.07) is 0. The van der Waals surface area contributed by atoms with Gasteiger partial charge in [-0.3, -0.25) is 0 Å². The molecular weight excluding hydrogens is 228 g/mol. The van der Waals surface area contributed by atoms with E-state index < -0.39 is 20.7 Å². The van der Waals surface area contributed by atoms with Gasteiger partial charge in [-0.25, -0.2) is 18.4 Å². The van der Waals surface area contributed by atoms with Crippen molar-refractivity contribution >= 4 is 9.84 Å². The summed E-state index contributed by atoms with van der Waals surface area (Å²) in [5.41, 5.74) is -0.836. The minimum Gasteiger partial charge on any atom is -0.384 e. The fourth-order valence-electron chi connectivity index (χ4n) is 2.38. The van der Waals surface area contributed by atoms with Crippen LogP contribution in [-0.2, 0) is 15.4 Å². The zero-order chi connectivity index (χ0) is 11.8. The van der Waals surface area contributed by atoms with Gasteiger partial charge in [0, 0.05) is 24.2 Å². The van der Waals surface area contributed by atoms with Crippen LogP contribution in [0, 0.1) is 0 Å². The highest BCUT2D eigenvalue weighted by atomic mass is 32.2. The van der Waals surface area contributed by atoms with Crippen LogP contribution in [0.1, 0.15) is 24.8 Å². The average Bonchev–Trinajstić information content (AvgIpc) is 2.63. The lowest BCUT2D eigenvalue weighted by atomic mass is 9.94. The summed E-state index contributed by atoms with van der Waals surface area (Å²) in [6.45, 7) is 0. The van der Waals surface area contributed by atoms with Gasteiger partial charge in [-0.2, -0.15) is 0 Å². The summed E-state index contributed by atoms with van der Waals surface area (Å²) in [6.07, 6.45) is 7.12. The van der Waals surface area contributed by atoms with Gasteiger partial charge < -0.3 is 5.11 Å². The van der Waals surface area contributed by atoms with E-state index in [0.717, 1.165) is 6.26 Å². The average molecular weight is 242 g/mol. The van der Waals surface area contributed by atoms with Crippen LogP contribution in [0.15, 0.2) is 18.7 Å². The molecule has 1 saturated carbocycles. The Morgan fingerprint density at radius 2 is 2.06 bits per heavy atom. The molecule has 0 bridgehead atoms. The number of aliphatic hydroxyl groups is 1. The monoisotopic (exact) mass is 242 g/mol. The van der Waals surface area contributed by atoms with E-state index in [2.05, 4.69) is 9.97 Å². The fourth-order valence-corrected chi connectivity index (χ4v) is 3.93. The Balaban J connectivity index is 2.45. The van der Waals surface area contributed by atoms with E-state index >= 15 is 0 Å². The molecular formula is C10H14N2O3S. The smallest absolute Gasteiger partial charge is 0.153 e. The highest BCUT2D eigenvalue weighted by Gasteiger charge is 2.48. The summed E-state index contributed by atoms with van der Waals surface area (Å²) < 4.78 is 23.2. The molecule has 0 amide bonds. The van der Waals surface area contributed by atoms with Crippen molar-refractivity contribution in [1.29, 1.82) is 0 Å². The summed E-state index contributed by atoms with van der Waals surface area (Å²) in [7, 11) is -3.26. The van der Waals surface area contributed by atoms with Gasteiger partial charge in [0.05, 0.1) is 5.25 Å². The number of hydrogen-bond donors (Lipinski definition) is 1. The highest BCUT2D eigenvalue weighted by Crippen LogP contribution is 2.41. The molecule has 5 nitrogen and oxygen atoms in total. The molecule has 0 aromatic carbocycles. The van der Waals surface area contributed by atoms with Crippen LogP contribution < -0.4 is 0 Å². The third kappa shape index (κ3) is 1.82. The van der Waals surface area contributed by atoms with Gasteiger partial charge in [0.25, 0.3) is 0 Å². The Labute approximate surface area is 94.5 Å². The van der Waals surface area contributed by atoms with Crippen molar-refractivity contribution < 1.29 is 13.5 Å². The Morgan fingerprint density at radius 3 is 2.62 bits per heavy atom. The second-order valence-electron chi connectivity index (χ2n) is 4.26. The Hall–Kier alpha value is -1.01. The van der Waals surface area contributed by atoms with Crippen molar-refractivity contribution in [3.05, 3.63) is 24.3 Å². The molecule has 0 saturated heterocycles. The zero-order valence-electron chi connectivity index (χ0n) is 9.00. The maximum absolute atomic E-state index is 11.6. The minimum absolute atomic E-state index is 0.443. The fraction of sp³-hybridized carbons (Fsp3) is 0.600. The van der Waals surface area contributed by atoms with Gasteiger partial charge in [0.1, 0.15) is 11.9 Å². The number of hydrogen-bond acceptors (Lipinski definition) is 5. The quantitative estimate of drug-likeness (QED) is 0.804. The van der Waals surface area contributed by atoms with Crippen molar-refractivity contribution in [2.24, 2.45) is 0 Å². The van der Waals surface area contributed by atoms with Gasteiger partial charge in [-0.15, -0.1) is 0 Å². The molecule has 2 unspecified atom stereocenters. The van der Waals surface area contributed by atoms with Crippen molar-refractivity contribution in [1.82, 2.24) is 9.97 Å². The van der Waals surface area contributed by atoms with Crippen molar-refractivity contribution in [2.75, 3.05) is 6.26 Å². The molecule has 1 heterocycles. The number of sulfone groups is 1. The first-order chi connectivity index (χ1) is 7.44. The van der Waals surface area contributed by atoms with Gasteiger partial charge in [-0.05, 0) is 19.3 Å². The molecule has 1 aliphatic carbocycles. The van der Waals surface area contributed by atoms with Crippen LogP contribution in [0.3, 0.4) is 0 Å². The van der Waals surface area contributed by atoms with Crippen LogP contribution in [0.2, 0.25) is 0 Å². The lowest BCUT2D eigenvalue weighted by molar-refractivity contribution is 0.0469. The van der Waals surface area contributed by atoms with Crippen LogP contribution in [0.25, 0.3) is 0 Å². The second kappa shape index (κ2) is 3.78. The van der Waals surface area contributed by atoms with Crippen molar-refractivity contribution in [3.63, 3.8) is 0 Å². The molecule has 0 radical (unpaired) electrons. The lowest BCUT2D eigenvalue weighted by Gasteiger charge is -2.28. The molecule has 2 atom stereocenters. The summed E-state index contributed by atoms with van der Waals surface area (Å²) in [5, 5.41) is 9.75. The lowest BCUT2D eigenvalue weighted by Crippen LogP contribution is -2.39. The van der Waals surface area contributed by atoms with Gasteiger partial charge in [-0.1, -0.05) is 0 Å². The van der Waals surface area contributed by atoms with Crippen molar-refractivity contribution in [3.8, 4) is 0 Å². The molecule has 0 spiro atoms. The maximum atomic E-state index is 11.6. The number of rotatable bonds is 2. The normalized spacial score (nSPS) is 30.5. The van der Waals surface area contributed by atoms with Gasteiger partial charge in [0.2, 0.25) is 0 Å². The Bertz CT molecular complexity index is 474. The molecule has 1 fully saturated rings. The molecule has 0 aliphatic heterocycles. The van der Waals surface area contributed by atoms with Crippen LogP contribution in [0.5, 0.6) is 0 Å². The molecule has 1 aliphatic rings. The predicted octanol–water partition coefficient (Wildman–Crippen LogP) is 0.261. The topological polar surface area (TPSA) is 80.2 Å². The van der Waals surface area contributed by atoms with Gasteiger partial charge in [0.15, 0.2) is 9.84 Å². The van der Waals surface area contributed by atoms with Crippen LogP contribution in [0.4, 0.5) is 0 Å². The van der Waals surface area contributed by atoms with E-state index in [1.807, 2.05) is 0 Å². The van der Waals surface area contributed by atoms with E-state index in [1.54, 1.807) is 0 Å². The molecule has 2 rings (SSSR count). The first-order valence-electron chi connectivity index (χ1n) is 5.11. The molecule has 1 aromatic rings. The SMILES string of the molecule is CS(=O)(=O)C1CCCC1(O)c1cncnc1. The van der Waals surface area contributed by atoms with E-state index in [4.69, 9.17) is 0 Å².